The van der Waals surface area contributed by atoms with Gasteiger partial charge in [0.15, 0.2) is 0 Å². The lowest BCUT2D eigenvalue weighted by atomic mass is 9.93. The average Bonchev–Trinajstić information content (AvgIpc) is 2.80. The van der Waals surface area contributed by atoms with Crippen molar-refractivity contribution >= 4 is 17.3 Å². The predicted octanol–water partition coefficient (Wildman–Crippen LogP) is 4.16. The van der Waals surface area contributed by atoms with Gasteiger partial charge in [0.05, 0.1) is 18.8 Å². The zero-order valence-corrected chi connectivity index (χ0v) is 18.2. The molecule has 0 aliphatic carbocycles. The number of amides is 1. The molecular formula is C25H28FN5O. The lowest BCUT2D eigenvalue weighted by Gasteiger charge is -2.32. The smallest absolute Gasteiger partial charge is 0.234 e. The minimum atomic E-state index is -0.256. The normalized spacial score (nSPS) is 16.5. The predicted molar refractivity (Wildman–Crippen MR) is 123 cm³/mol. The Morgan fingerprint density at radius 3 is 2.78 bits per heavy atom. The third-order valence-corrected chi connectivity index (χ3v) is 5.59. The second-order valence-electron chi connectivity index (χ2n) is 8.23. The quantitative estimate of drug-likeness (QED) is 0.585. The molecule has 2 aromatic heterocycles. The molecule has 0 radical (unpaired) electrons. The molecule has 1 aliphatic heterocycles. The molecule has 7 heteroatoms. The molecule has 1 atom stereocenters. The van der Waals surface area contributed by atoms with Crippen molar-refractivity contribution in [3.63, 3.8) is 0 Å². The Kier molecular flexibility index (Phi) is 7.07. The Morgan fingerprint density at radius 2 is 2.00 bits per heavy atom. The van der Waals surface area contributed by atoms with E-state index in [1.807, 2.05) is 31.2 Å². The fourth-order valence-corrected chi connectivity index (χ4v) is 4.07. The van der Waals surface area contributed by atoms with Crippen LogP contribution in [0.1, 0.15) is 35.8 Å². The summed E-state index contributed by atoms with van der Waals surface area (Å²) in [5, 5.41) is 6.29. The summed E-state index contributed by atoms with van der Waals surface area (Å²) < 4.78 is 13.2. The number of nitrogens with one attached hydrogen (secondary N) is 2. The maximum atomic E-state index is 13.2. The van der Waals surface area contributed by atoms with Gasteiger partial charge >= 0.3 is 0 Å². The van der Waals surface area contributed by atoms with Crippen LogP contribution < -0.4 is 10.6 Å². The van der Waals surface area contributed by atoms with Crippen LogP contribution >= 0.6 is 0 Å². The first-order valence-electron chi connectivity index (χ1n) is 11.0. The maximum Gasteiger partial charge on any atom is 0.234 e. The summed E-state index contributed by atoms with van der Waals surface area (Å²) >= 11 is 0. The van der Waals surface area contributed by atoms with E-state index in [0.29, 0.717) is 13.1 Å². The number of aryl methyl sites for hydroxylation is 1. The van der Waals surface area contributed by atoms with E-state index in [2.05, 4.69) is 26.6 Å². The topological polar surface area (TPSA) is 70.2 Å². The van der Waals surface area contributed by atoms with Gasteiger partial charge < -0.3 is 10.6 Å². The van der Waals surface area contributed by atoms with E-state index in [0.717, 1.165) is 54.4 Å². The van der Waals surface area contributed by atoms with Crippen molar-refractivity contribution in [2.24, 2.45) is 0 Å². The minimum Gasteiger partial charge on any atom is -0.355 e. The standard InChI is InChI=1S/C25H28FN5O/c1-18-13-23(30-21-9-7-20(26)8-10-21)14-24(29-18)19-5-4-12-31(16-19)17-25(32)28-15-22-6-2-3-11-27-22/h2-3,6-11,13-14,19H,4-5,12,15-17H2,1H3,(H,28,32)(H,29,30)/t19-/m1/s1. The number of hydrogen-bond acceptors (Lipinski definition) is 5. The van der Waals surface area contributed by atoms with E-state index < -0.39 is 0 Å². The van der Waals surface area contributed by atoms with E-state index >= 15 is 0 Å². The van der Waals surface area contributed by atoms with Crippen LogP contribution in [0.25, 0.3) is 0 Å². The number of rotatable bonds is 7. The average molecular weight is 434 g/mol. The largest absolute Gasteiger partial charge is 0.355 e. The summed E-state index contributed by atoms with van der Waals surface area (Å²) in [5.41, 5.74) is 4.56. The van der Waals surface area contributed by atoms with Gasteiger partial charge in [-0.3, -0.25) is 19.7 Å². The second-order valence-corrected chi connectivity index (χ2v) is 8.23. The first-order valence-corrected chi connectivity index (χ1v) is 11.0. The molecule has 0 spiro atoms. The van der Waals surface area contributed by atoms with E-state index in [-0.39, 0.29) is 17.6 Å². The van der Waals surface area contributed by atoms with Gasteiger partial charge in [-0.25, -0.2) is 4.39 Å². The van der Waals surface area contributed by atoms with Gasteiger partial charge in [-0.15, -0.1) is 0 Å². The van der Waals surface area contributed by atoms with Crippen LogP contribution in [0.5, 0.6) is 0 Å². The third kappa shape index (κ3) is 6.11. The van der Waals surface area contributed by atoms with Crippen LogP contribution in [0.2, 0.25) is 0 Å². The zero-order valence-electron chi connectivity index (χ0n) is 18.2. The van der Waals surface area contributed by atoms with E-state index in [1.165, 1.54) is 12.1 Å². The van der Waals surface area contributed by atoms with Gasteiger partial charge in [-0.05, 0) is 74.8 Å². The molecule has 166 valence electrons. The summed E-state index contributed by atoms with van der Waals surface area (Å²) in [6.07, 6.45) is 3.79. The number of benzene rings is 1. The molecular weight excluding hydrogens is 405 g/mol. The molecule has 32 heavy (non-hydrogen) atoms. The van der Waals surface area contributed by atoms with Crippen LogP contribution in [0.15, 0.2) is 60.8 Å². The van der Waals surface area contributed by atoms with Gasteiger partial charge in [0.2, 0.25) is 5.91 Å². The lowest BCUT2D eigenvalue weighted by molar-refractivity contribution is -0.122. The summed E-state index contributed by atoms with van der Waals surface area (Å²) in [6, 6.07) is 16.0. The lowest BCUT2D eigenvalue weighted by Crippen LogP contribution is -2.42. The number of carbonyl (C=O) groups is 1. The van der Waals surface area contributed by atoms with Gasteiger partial charge in [0.25, 0.3) is 0 Å². The highest BCUT2D eigenvalue weighted by Crippen LogP contribution is 2.28. The third-order valence-electron chi connectivity index (χ3n) is 5.59. The Morgan fingerprint density at radius 1 is 1.16 bits per heavy atom. The Bertz CT molecular complexity index is 1040. The van der Waals surface area contributed by atoms with Crippen LogP contribution in [0.4, 0.5) is 15.8 Å². The maximum absolute atomic E-state index is 13.2. The fourth-order valence-electron chi connectivity index (χ4n) is 4.07. The molecule has 0 bridgehead atoms. The molecule has 1 aliphatic rings. The SMILES string of the molecule is Cc1cc(Nc2ccc(F)cc2)cc([C@@H]2CCCN(CC(=O)NCc3ccccn3)C2)n1. The van der Waals surface area contributed by atoms with Crippen LogP contribution in [-0.4, -0.2) is 40.4 Å². The van der Waals surface area contributed by atoms with Crippen LogP contribution in [0, 0.1) is 12.7 Å². The number of piperidine rings is 1. The van der Waals surface area contributed by atoms with Gasteiger partial charge in [0, 0.05) is 41.4 Å². The number of likely N-dealkylation sites (tertiary alicyclic amines) is 1. The van der Waals surface area contributed by atoms with Crippen molar-refractivity contribution in [2.75, 3.05) is 25.0 Å². The molecule has 1 fully saturated rings. The molecule has 4 rings (SSSR count). The second kappa shape index (κ2) is 10.3. The van der Waals surface area contributed by atoms with Crippen molar-refractivity contribution in [1.29, 1.82) is 0 Å². The van der Waals surface area contributed by atoms with Crippen molar-refractivity contribution in [1.82, 2.24) is 20.2 Å². The molecule has 0 unspecified atom stereocenters. The highest BCUT2D eigenvalue weighted by molar-refractivity contribution is 5.78. The van der Waals surface area contributed by atoms with E-state index in [4.69, 9.17) is 4.98 Å². The number of anilines is 2. The summed E-state index contributed by atoms with van der Waals surface area (Å²) in [5.74, 6) is 0.0155. The van der Waals surface area contributed by atoms with E-state index in [1.54, 1.807) is 18.3 Å². The molecule has 3 aromatic rings. The van der Waals surface area contributed by atoms with Crippen molar-refractivity contribution in [3.8, 4) is 0 Å². The summed E-state index contributed by atoms with van der Waals surface area (Å²) in [7, 11) is 0. The number of aromatic nitrogens is 2. The monoisotopic (exact) mass is 433 g/mol. The summed E-state index contributed by atoms with van der Waals surface area (Å²) in [6.45, 7) is 4.49. The van der Waals surface area contributed by atoms with Crippen LogP contribution in [0.3, 0.4) is 0 Å². The number of halogens is 1. The molecule has 3 heterocycles. The summed E-state index contributed by atoms with van der Waals surface area (Å²) in [4.78, 5) is 23.6. The van der Waals surface area contributed by atoms with E-state index in [9.17, 15) is 9.18 Å². The molecule has 0 saturated carbocycles. The molecule has 6 nitrogen and oxygen atoms in total. The Labute approximate surface area is 187 Å². The molecule has 1 saturated heterocycles. The Hall–Kier alpha value is -3.32. The van der Waals surface area contributed by atoms with Gasteiger partial charge in [-0.1, -0.05) is 6.07 Å². The van der Waals surface area contributed by atoms with Crippen molar-refractivity contribution in [3.05, 3.63) is 83.7 Å². The van der Waals surface area contributed by atoms with Crippen molar-refractivity contribution < 1.29 is 9.18 Å². The highest BCUT2D eigenvalue weighted by Gasteiger charge is 2.24. The molecule has 2 N–H and O–H groups in total. The zero-order chi connectivity index (χ0) is 22.3. The van der Waals surface area contributed by atoms with Gasteiger partial charge in [0.1, 0.15) is 5.82 Å². The first-order chi connectivity index (χ1) is 15.5. The molecule has 1 amide bonds. The van der Waals surface area contributed by atoms with Gasteiger partial charge in [-0.2, -0.15) is 0 Å². The number of nitrogens with zero attached hydrogens (tertiary/aromatic N) is 3. The number of carbonyl (C=O) groups excluding carboxylic acids is 1. The molecule has 1 aromatic carbocycles. The first kappa shape index (κ1) is 21.9. The van der Waals surface area contributed by atoms with Crippen LogP contribution in [-0.2, 0) is 11.3 Å². The fraction of sp³-hybridized carbons (Fsp3) is 0.320. The highest BCUT2D eigenvalue weighted by atomic mass is 19.1. The Balaban J connectivity index is 1.36. The number of pyridine rings is 2. The number of hydrogen-bond donors (Lipinski definition) is 2. The van der Waals surface area contributed by atoms with Crippen molar-refractivity contribution in [2.45, 2.75) is 32.2 Å². The minimum absolute atomic E-state index is 0.00664.